The van der Waals surface area contributed by atoms with Crippen molar-refractivity contribution in [1.82, 2.24) is 10.3 Å². The zero-order valence-corrected chi connectivity index (χ0v) is 11.2. The minimum absolute atomic E-state index is 0.0587. The van der Waals surface area contributed by atoms with E-state index in [2.05, 4.69) is 10.3 Å². The van der Waals surface area contributed by atoms with E-state index in [1.807, 2.05) is 13.0 Å². The zero-order chi connectivity index (χ0) is 13.5. The van der Waals surface area contributed by atoms with Crippen LogP contribution in [0.1, 0.15) is 35.8 Å². The summed E-state index contributed by atoms with van der Waals surface area (Å²) >= 11 is 1.29. The van der Waals surface area contributed by atoms with Crippen molar-refractivity contribution in [2.24, 2.45) is 0 Å². The minimum atomic E-state index is -1.02. The molecule has 1 heterocycles. The van der Waals surface area contributed by atoms with Crippen LogP contribution in [0.5, 0.6) is 0 Å². The van der Waals surface area contributed by atoms with Gasteiger partial charge in [-0.25, -0.2) is 9.78 Å². The summed E-state index contributed by atoms with van der Waals surface area (Å²) in [5.41, 5.74) is 0.756. The predicted octanol–water partition coefficient (Wildman–Crippen LogP) is 1.86. The summed E-state index contributed by atoms with van der Waals surface area (Å²) < 4.78 is 0. The van der Waals surface area contributed by atoms with Gasteiger partial charge >= 0.3 is 5.97 Å². The second kappa shape index (κ2) is 6.90. The zero-order valence-electron chi connectivity index (χ0n) is 10.4. The van der Waals surface area contributed by atoms with Gasteiger partial charge in [0.15, 0.2) is 5.69 Å². The Labute approximate surface area is 110 Å². The lowest BCUT2D eigenvalue weighted by Gasteiger charge is -2.03. The van der Waals surface area contributed by atoms with Crippen molar-refractivity contribution >= 4 is 23.2 Å². The minimum Gasteiger partial charge on any atom is -0.476 e. The van der Waals surface area contributed by atoms with Crippen LogP contribution in [0.4, 0.5) is 0 Å². The molecule has 0 atom stereocenters. The van der Waals surface area contributed by atoms with Gasteiger partial charge in [-0.2, -0.15) is 0 Å². The van der Waals surface area contributed by atoms with Crippen LogP contribution in [0.25, 0.3) is 0 Å². The summed E-state index contributed by atoms with van der Waals surface area (Å²) in [6, 6.07) is 0. The van der Waals surface area contributed by atoms with Gasteiger partial charge in [0.2, 0.25) is 5.91 Å². The number of carbonyl (C=O) groups excluding carboxylic acids is 1. The van der Waals surface area contributed by atoms with Crippen molar-refractivity contribution in [1.29, 1.82) is 0 Å². The van der Waals surface area contributed by atoms with Crippen LogP contribution in [0.2, 0.25) is 0 Å². The maximum atomic E-state index is 11.5. The van der Waals surface area contributed by atoms with Gasteiger partial charge in [0.1, 0.15) is 0 Å². The number of carboxylic acid groups (broad SMARTS) is 1. The molecule has 2 N–H and O–H groups in total. The monoisotopic (exact) mass is 268 g/mol. The van der Waals surface area contributed by atoms with E-state index in [9.17, 15) is 9.59 Å². The molecule has 0 bridgehead atoms. The van der Waals surface area contributed by atoms with Crippen molar-refractivity contribution in [3.63, 3.8) is 0 Å². The Morgan fingerprint density at radius 1 is 1.56 bits per heavy atom. The first kappa shape index (κ1) is 14.4. The second-order valence-electron chi connectivity index (χ2n) is 3.73. The lowest BCUT2D eigenvalue weighted by atomic mass is 10.2. The molecular formula is C12H16N2O3S. The SMILES string of the molecule is CCC=C(C)C(=O)NCCc1nc(C(=O)O)cs1. The van der Waals surface area contributed by atoms with Crippen molar-refractivity contribution < 1.29 is 14.7 Å². The van der Waals surface area contributed by atoms with Crippen LogP contribution in [0, 0.1) is 0 Å². The molecule has 6 heteroatoms. The molecule has 0 aliphatic heterocycles. The third-order valence-corrected chi connectivity index (χ3v) is 3.17. The average molecular weight is 268 g/mol. The lowest BCUT2D eigenvalue weighted by molar-refractivity contribution is -0.117. The molecule has 0 spiro atoms. The summed E-state index contributed by atoms with van der Waals surface area (Å²) in [4.78, 5) is 26.1. The Kier molecular flexibility index (Phi) is 5.51. The smallest absolute Gasteiger partial charge is 0.355 e. The first-order chi connectivity index (χ1) is 8.54. The van der Waals surface area contributed by atoms with E-state index in [0.29, 0.717) is 23.5 Å². The summed E-state index contributed by atoms with van der Waals surface area (Å²) in [5, 5.41) is 13.7. The molecule has 1 amide bonds. The molecule has 0 unspecified atom stereocenters. The fourth-order valence-corrected chi connectivity index (χ4v) is 2.12. The van der Waals surface area contributed by atoms with E-state index in [-0.39, 0.29) is 11.6 Å². The number of aromatic carboxylic acids is 1. The number of aromatic nitrogens is 1. The van der Waals surface area contributed by atoms with Gasteiger partial charge in [0.25, 0.3) is 0 Å². The van der Waals surface area contributed by atoms with E-state index in [4.69, 9.17) is 5.11 Å². The highest BCUT2D eigenvalue weighted by molar-refractivity contribution is 7.09. The molecule has 18 heavy (non-hydrogen) atoms. The molecule has 0 radical (unpaired) electrons. The molecular weight excluding hydrogens is 252 g/mol. The summed E-state index contributed by atoms with van der Waals surface area (Å²) in [5.74, 6) is -1.12. The third-order valence-electron chi connectivity index (χ3n) is 2.26. The standard InChI is InChI=1S/C12H16N2O3S/c1-3-4-8(2)11(15)13-6-5-10-14-9(7-18-10)12(16)17/h4,7H,3,5-6H2,1-2H3,(H,13,15)(H,16,17). The largest absolute Gasteiger partial charge is 0.476 e. The van der Waals surface area contributed by atoms with Gasteiger partial charge < -0.3 is 10.4 Å². The van der Waals surface area contributed by atoms with Crippen molar-refractivity contribution in [2.75, 3.05) is 6.54 Å². The van der Waals surface area contributed by atoms with Crippen molar-refractivity contribution in [3.05, 3.63) is 27.7 Å². The fraction of sp³-hybridized carbons (Fsp3) is 0.417. The molecule has 0 aliphatic rings. The van der Waals surface area contributed by atoms with E-state index in [1.54, 1.807) is 6.92 Å². The van der Waals surface area contributed by atoms with E-state index in [1.165, 1.54) is 16.7 Å². The van der Waals surface area contributed by atoms with Crippen molar-refractivity contribution in [2.45, 2.75) is 26.7 Å². The lowest BCUT2D eigenvalue weighted by Crippen LogP contribution is -2.26. The average Bonchev–Trinajstić information content (AvgIpc) is 2.78. The summed E-state index contributed by atoms with van der Waals surface area (Å²) in [7, 11) is 0. The highest BCUT2D eigenvalue weighted by Gasteiger charge is 2.09. The van der Waals surface area contributed by atoms with Gasteiger partial charge in [0, 0.05) is 23.9 Å². The Balaban J connectivity index is 2.39. The number of allylic oxidation sites excluding steroid dienone is 1. The van der Waals surface area contributed by atoms with Crippen LogP contribution >= 0.6 is 11.3 Å². The van der Waals surface area contributed by atoms with Gasteiger partial charge in [-0.15, -0.1) is 11.3 Å². The highest BCUT2D eigenvalue weighted by atomic mass is 32.1. The maximum absolute atomic E-state index is 11.5. The second-order valence-corrected chi connectivity index (χ2v) is 4.68. The molecule has 0 saturated carbocycles. The Bertz CT molecular complexity index is 466. The number of carboxylic acids is 1. The first-order valence-corrected chi connectivity index (χ1v) is 6.55. The number of hydrogen-bond donors (Lipinski definition) is 2. The fourth-order valence-electron chi connectivity index (χ4n) is 1.35. The van der Waals surface area contributed by atoms with Crippen LogP contribution < -0.4 is 5.32 Å². The quantitative estimate of drug-likeness (QED) is 0.772. The normalized spacial score (nSPS) is 11.3. The van der Waals surface area contributed by atoms with Crippen LogP contribution in [-0.4, -0.2) is 28.5 Å². The van der Waals surface area contributed by atoms with Crippen molar-refractivity contribution in [3.8, 4) is 0 Å². The molecule has 1 rings (SSSR count). The number of nitrogens with zero attached hydrogens (tertiary/aromatic N) is 1. The number of amides is 1. The van der Waals surface area contributed by atoms with E-state index < -0.39 is 5.97 Å². The molecule has 1 aromatic rings. The molecule has 98 valence electrons. The number of carbonyl (C=O) groups is 2. The third kappa shape index (κ3) is 4.29. The maximum Gasteiger partial charge on any atom is 0.355 e. The predicted molar refractivity (Wildman–Crippen MR) is 69.8 cm³/mol. The first-order valence-electron chi connectivity index (χ1n) is 5.67. The van der Waals surface area contributed by atoms with Gasteiger partial charge in [-0.3, -0.25) is 4.79 Å². The summed E-state index contributed by atoms with van der Waals surface area (Å²) in [6.45, 7) is 4.20. The number of nitrogens with one attached hydrogen (secondary N) is 1. The highest BCUT2D eigenvalue weighted by Crippen LogP contribution is 2.09. The number of rotatable bonds is 6. The van der Waals surface area contributed by atoms with Crippen LogP contribution in [-0.2, 0) is 11.2 Å². The number of thiazole rings is 1. The molecule has 0 saturated heterocycles. The Hall–Kier alpha value is -1.69. The van der Waals surface area contributed by atoms with Gasteiger partial charge in [-0.05, 0) is 13.3 Å². The molecule has 0 fully saturated rings. The molecule has 0 aromatic carbocycles. The topological polar surface area (TPSA) is 79.3 Å². The Morgan fingerprint density at radius 3 is 2.83 bits per heavy atom. The van der Waals surface area contributed by atoms with Crippen LogP contribution in [0.15, 0.2) is 17.0 Å². The summed E-state index contributed by atoms with van der Waals surface area (Å²) in [6.07, 6.45) is 3.23. The van der Waals surface area contributed by atoms with E-state index >= 15 is 0 Å². The van der Waals surface area contributed by atoms with E-state index in [0.717, 1.165) is 6.42 Å². The van der Waals surface area contributed by atoms with Crippen LogP contribution in [0.3, 0.4) is 0 Å². The number of hydrogen-bond acceptors (Lipinski definition) is 4. The Morgan fingerprint density at radius 2 is 2.28 bits per heavy atom. The molecule has 0 aliphatic carbocycles. The van der Waals surface area contributed by atoms with Gasteiger partial charge in [-0.1, -0.05) is 13.0 Å². The molecule has 5 nitrogen and oxygen atoms in total. The van der Waals surface area contributed by atoms with Gasteiger partial charge in [0.05, 0.1) is 5.01 Å². The molecule has 1 aromatic heterocycles.